The van der Waals surface area contributed by atoms with E-state index in [1.165, 1.54) is 11.9 Å². The summed E-state index contributed by atoms with van der Waals surface area (Å²) in [6.45, 7) is -0.309. The first-order chi connectivity index (χ1) is 12.8. The van der Waals surface area contributed by atoms with Crippen molar-refractivity contribution in [1.29, 1.82) is 0 Å². The molecule has 0 unspecified atom stereocenters. The number of aliphatic imine (C=N–C) groups is 1. The highest BCUT2D eigenvalue weighted by Crippen LogP contribution is 2.23. The van der Waals surface area contributed by atoms with Gasteiger partial charge in [-0.1, -0.05) is 24.3 Å². The minimum Gasteiger partial charge on any atom is -0.457 e. The van der Waals surface area contributed by atoms with Crippen molar-refractivity contribution in [2.45, 2.75) is 12.6 Å². The minimum absolute atomic E-state index is 0.199. The second-order valence-corrected chi connectivity index (χ2v) is 6.04. The molecule has 0 saturated heterocycles. The molecule has 2 aromatic carbocycles. The van der Waals surface area contributed by atoms with Crippen LogP contribution in [0.25, 0.3) is 0 Å². The molecule has 0 radical (unpaired) electrons. The Labute approximate surface area is 156 Å². The van der Waals surface area contributed by atoms with Crippen molar-refractivity contribution in [3.05, 3.63) is 54.6 Å². The lowest BCUT2D eigenvalue weighted by Gasteiger charge is -2.17. The number of alkyl halides is 3. The molecule has 0 heterocycles. The van der Waals surface area contributed by atoms with Crippen molar-refractivity contribution >= 4 is 11.6 Å². The van der Waals surface area contributed by atoms with E-state index in [0.717, 1.165) is 5.75 Å². The van der Waals surface area contributed by atoms with Crippen LogP contribution >= 0.6 is 0 Å². The van der Waals surface area contributed by atoms with Gasteiger partial charge < -0.3 is 15.8 Å². The molecule has 27 heavy (non-hydrogen) atoms. The van der Waals surface area contributed by atoms with Crippen LogP contribution in [0.5, 0.6) is 11.5 Å². The quantitative estimate of drug-likeness (QED) is 0.411. The Kier molecular flexibility index (Phi) is 7.48. The Balaban J connectivity index is 1.80. The third-order valence-electron chi connectivity index (χ3n) is 3.51. The van der Waals surface area contributed by atoms with E-state index in [-0.39, 0.29) is 12.5 Å². The normalized spacial score (nSPS) is 12.3. The fourth-order valence-electron chi connectivity index (χ4n) is 2.37. The van der Waals surface area contributed by atoms with Gasteiger partial charge in [-0.05, 0) is 44.3 Å². The highest BCUT2D eigenvalue weighted by Gasteiger charge is 2.28. The van der Waals surface area contributed by atoms with Gasteiger partial charge in [-0.25, -0.2) is 0 Å². The summed E-state index contributed by atoms with van der Waals surface area (Å²) in [5.41, 5.74) is 6.54. The van der Waals surface area contributed by atoms with Crippen LogP contribution in [-0.2, 0) is 0 Å². The molecule has 0 amide bonds. The van der Waals surface area contributed by atoms with E-state index < -0.39 is 12.7 Å². The van der Waals surface area contributed by atoms with E-state index in [1.807, 2.05) is 48.5 Å². The summed E-state index contributed by atoms with van der Waals surface area (Å²) in [4.78, 5) is 5.35. The molecule has 3 N–H and O–H groups in total. The SMILES string of the molecule is CN(CCCN=C(N)Nc1cccc(Oc2ccccc2)c1)CC(F)(F)F. The van der Waals surface area contributed by atoms with Crippen LogP contribution in [0.15, 0.2) is 59.6 Å². The number of rotatable bonds is 8. The minimum atomic E-state index is -4.19. The molecule has 0 spiro atoms. The average Bonchev–Trinajstić information content (AvgIpc) is 2.58. The van der Waals surface area contributed by atoms with Crippen LogP contribution < -0.4 is 15.8 Å². The van der Waals surface area contributed by atoms with Crippen molar-refractivity contribution in [3.63, 3.8) is 0 Å². The molecule has 2 rings (SSSR count). The van der Waals surface area contributed by atoms with Gasteiger partial charge in [-0.15, -0.1) is 0 Å². The predicted octanol–water partition coefficient (Wildman–Crippen LogP) is 4.09. The van der Waals surface area contributed by atoms with Gasteiger partial charge in [0.2, 0.25) is 0 Å². The number of benzene rings is 2. The lowest BCUT2D eigenvalue weighted by molar-refractivity contribution is -0.143. The third-order valence-corrected chi connectivity index (χ3v) is 3.51. The van der Waals surface area contributed by atoms with Crippen LogP contribution in [0.4, 0.5) is 18.9 Å². The molecule has 0 aromatic heterocycles. The molecule has 146 valence electrons. The number of halogens is 3. The molecular weight excluding hydrogens is 357 g/mol. The first-order valence-corrected chi connectivity index (χ1v) is 8.47. The van der Waals surface area contributed by atoms with Crippen LogP contribution in [0.3, 0.4) is 0 Å². The van der Waals surface area contributed by atoms with E-state index in [0.29, 0.717) is 24.4 Å². The summed E-state index contributed by atoms with van der Waals surface area (Å²) in [6, 6.07) is 16.6. The molecule has 2 aromatic rings. The van der Waals surface area contributed by atoms with Crippen molar-refractivity contribution < 1.29 is 17.9 Å². The van der Waals surface area contributed by atoms with Gasteiger partial charge >= 0.3 is 6.18 Å². The van der Waals surface area contributed by atoms with Gasteiger partial charge in [-0.2, -0.15) is 13.2 Å². The van der Waals surface area contributed by atoms with Gasteiger partial charge in [0.05, 0.1) is 6.54 Å². The maximum atomic E-state index is 12.2. The summed E-state index contributed by atoms with van der Waals surface area (Å²) in [6.07, 6.45) is -3.71. The lowest BCUT2D eigenvalue weighted by atomic mass is 10.3. The smallest absolute Gasteiger partial charge is 0.401 e. The van der Waals surface area contributed by atoms with Crippen LogP contribution in [-0.4, -0.2) is 43.7 Å². The number of nitrogens with one attached hydrogen (secondary N) is 1. The van der Waals surface area contributed by atoms with Gasteiger partial charge in [0.25, 0.3) is 0 Å². The molecule has 0 aliphatic heterocycles. The van der Waals surface area contributed by atoms with E-state index in [9.17, 15) is 13.2 Å². The number of nitrogens with zero attached hydrogens (tertiary/aromatic N) is 2. The highest BCUT2D eigenvalue weighted by molar-refractivity contribution is 5.92. The standard InChI is InChI=1S/C19H23F3N4O/c1-26(14-19(20,21)22)12-6-11-24-18(23)25-15-7-5-10-17(13-15)27-16-8-3-2-4-9-16/h2-5,7-10,13H,6,11-12,14H2,1H3,(H3,23,24,25). The molecule has 0 atom stereocenters. The first kappa shape index (κ1) is 20.6. The number of anilines is 1. The molecular formula is C19H23F3N4O. The maximum Gasteiger partial charge on any atom is 0.401 e. The van der Waals surface area contributed by atoms with Gasteiger partial charge in [-0.3, -0.25) is 9.89 Å². The van der Waals surface area contributed by atoms with Gasteiger partial charge in [0, 0.05) is 18.3 Å². The van der Waals surface area contributed by atoms with E-state index in [2.05, 4.69) is 10.3 Å². The molecule has 0 fully saturated rings. The zero-order valence-corrected chi connectivity index (χ0v) is 15.0. The molecule has 0 saturated carbocycles. The second-order valence-electron chi connectivity index (χ2n) is 6.04. The molecule has 0 aliphatic carbocycles. The number of para-hydroxylation sites is 1. The molecule has 8 heteroatoms. The van der Waals surface area contributed by atoms with Crippen molar-refractivity contribution in [2.24, 2.45) is 10.7 Å². The van der Waals surface area contributed by atoms with Gasteiger partial charge in [0.1, 0.15) is 11.5 Å². The number of hydrogen-bond donors (Lipinski definition) is 2. The van der Waals surface area contributed by atoms with Crippen molar-refractivity contribution in [1.82, 2.24) is 4.90 Å². The summed E-state index contributed by atoms with van der Waals surface area (Å²) in [5, 5.41) is 2.95. The second kappa shape index (κ2) is 9.82. The van der Waals surface area contributed by atoms with Crippen LogP contribution in [0, 0.1) is 0 Å². The maximum absolute atomic E-state index is 12.2. The molecule has 0 aliphatic rings. The summed E-state index contributed by atoms with van der Waals surface area (Å²) >= 11 is 0. The number of ether oxygens (including phenoxy) is 1. The van der Waals surface area contributed by atoms with Crippen molar-refractivity contribution in [2.75, 3.05) is 32.0 Å². The Hall–Kier alpha value is -2.74. The molecule has 0 bridgehead atoms. The lowest BCUT2D eigenvalue weighted by Crippen LogP contribution is -2.32. The fraction of sp³-hybridized carbons (Fsp3) is 0.316. The Morgan fingerprint density at radius 1 is 1.11 bits per heavy atom. The number of guanidine groups is 1. The van der Waals surface area contributed by atoms with Crippen LogP contribution in [0.2, 0.25) is 0 Å². The van der Waals surface area contributed by atoms with E-state index >= 15 is 0 Å². The predicted molar refractivity (Wildman–Crippen MR) is 101 cm³/mol. The van der Waals surface area contributed by atoms with Crippen LogP contribution in [0.1, 0.15) is 6.42 Å². The van der Waals surface area contributed by atoms with Gasteiger partial charge in [0.15, 0.2) is 5.96 Å². The topological polar surface area (TPSA) is 62.9 Å². The summed E-state index contributed by atoms with van der Waals surface area (Å²) in [7, 11) is 1.43. The monoisotopic (exact) mass is 380 g/mol. The highest BCUT2D eigenvalue weighted by atomic mass is 19.4. The molecule has 5 nitrogen and oxygen atoms in total. The Morgan fingerprint density at radius 2 is 1.81 bits per heavy atom. The van der Waals surface area contributed by atoms with E-state index in [1.54, 1.807) is 6.07 Å². The summed E-state index contributed by atoms with van der Waals surface area (Å²) in [5.74, 6) is 1.57. The average molecular weight is 380 g/mol. The summed E-state index contributed by atoms with van der Waals surface area (Å²) < 4.78 is 42.5. The number of hydrogen-bond acceptors (Lipinski definition) is 3. The third kappa shape index (κ3) is 8.46. The number of nitrogens with two attached hydrogens (primary N) is 1. The zero-order chi connectivity index (χ0) is 19.7. The Bertz CT molecular complexity index is 735. The largest absolute Gasteiger partial charge is 0.457 e. The zero-order valence-electron chi connectivity index (χ0n) is 15.0. The van der Waals surface area contributed by atoms with E-state index in [4.69, 9.17) is 10.5 Å². The first-order valence-electron chi connectivity index (χ1n) is 8.47. The fourth-order valence-corrected chi connectivity index (χ4v) is 2.37. The Morgan fingerprint density at radius 3 is 2.52 bits per heavy atom. The van der Waals surface area contributed by atoms with Crippen molar-refractivity contribution in [3.8, 4) is 11.5 Å².